The van der Waals surface area contributed by atoms with Crippen molar-refractivity contribution in [2.75, 3.05) is 11.1 Å². The first-order valence-corrected chi connectivity index (χ1v) is 5.39. The van der Waals surface area contributed by atoms with Crippen molar-refractivity contribution < 1.29 is 4.79 Å². The molecule has 0 aromatic heterocycles. The minimum atomic E-state index is -0.188. The Hall–Kier alpha value is -2.29. The lowest BCUT2D eigenvalue weighted by molar-refractivity contribution is 0.102. The Morgan fingerprint density at radius 3 is 2.35 bits per heavy atom. The molecule has 86 valence electrons. The van der Waals surface area contributed by atoms with E-state index < -0.39 is 0 Å². The second kappa shape index (κ2) is 4.70. The first-order chi connectivity index (χ1) is 8.16. The van der Waals surface area contributed by atoms with E-state index in [0.29, 0.717) is 11.3 Å². The molecular formula is C14H14N2O. The lowest BCUT2D eigenvalue weighted by atomic mass is 10.1. The van der Waals surface area contributed by atoms with Gasteiger partial charge >= 0.3 is 0 Å². The van der Waals surface area contributed by atoms with E-state index in [2.05, 4.69) is 5.32 Å². The number of hydrogen-bond acceptors (Lipinski definition) is 2. The van der Waals surface area contributed by atoms with Crippen molar-refractivity contribution in [3.8, 4) is 0 Å². The Bertz CT molecular complexity index is 532. The first-order valence-electron chi connectivity index (χ1n) is 5.39. The van der Waals surface area contributed by atoms with Crippen LogP contribution in [0.4, 0.5) is 11.4 Å². The summed E-state index contributed by atoms with van der Waals surface area (Å²) in [5.41, 5.74) is 8.64. The summed E-state index contributed by atoms with van der Waals surface area (Å²) in [6, 6.07) is 14.6. The summed E-state index contributed by atoms with van der Waals surface area (Å²) >= 11 is 0. The minimum Gasteiger partial charge on any atom is -0.398 e. The molecule has 2 aromatic carbocycles. The number of para-hydroxylation sites is 1. The second-order valence-electron chi connectivity index (χ2n) is 3.91. The molecule has 3 nitrogen and oxygen atoms in total. The van der Waals surface area contributed by atoms with Gasteiger partial charge in [-0.3, -0.25) is 4.79 Å². The van der Waals surface area contributed by atoms with Crippen LogP contribution in [-0.4, -0.2) is 5.91 Å². The summed E-state index contributed by atoms with van der Waals surface area (Å²) in [5.74, 6) is -0.188. The van der Waals surface area contributed by atoms with Crippen LogP contribution in [0.15, 0.2) is 48.5 Å². The van der Waals surface area contributed by atoms with Crippen LogP contribution in [0.1, 0.15) is 15.9 Å². The van der Waals surface area contributed by atoms with Crippen LogP contribution in [0, 0.1) is 6.92 Å². The molecule has 0 atom stereocenters. The molecule has 1 amide bonds. The van der Waals surface area contributed by atoms with Crippen LogP contribution in [0.3, 0.4) is 0 Å². The smallest absolute Gasteiger partial charge is 0.257 e. The zero-order valence-electron chi connectivity index (χ0n) is 9.60. The van der Waals surface area contributed by atoms with E-state index in [1.165, 1.54) is 0 Å². The number of nitrogen functional groups attached to an aromatic ring is 1. The molecule has 17 heavy (non-hydrogen) atoms. The molecule has 0 aliphatic heterocycles. The van der Waals surface area contributed by atoms with Gasteiger partial charge in [-0.05, 0) is 31.2 Å². The van der Waals surface area contributed by atoms with E-state index in [1.54, 1.807) is 24.3 Å². The van der Waals surface area contributed by atoms with Gasteiger partial charge in [-0.2, -0.15) is 0 Å². The Labute approximate surface area is 100 Å². The third kappa shape index (κ3) is 2.64. The van der Waals surface area contributed by atoms with Crippen LogP contribution in [0.25, 0.3) is 0 Å². The quantitative estimate of drug-likeness (QED) is 0.773. The monoisotopic (exact) mass is 226 g/mol. The fourth-order valence-electron chi connectivity index (χ4n) is 1.54. The number of rotatable bonds is 2. The largest absolute Gasteiger partial charge is 0.398 e. The Balaban J connectivity index is 2.17. The molecule has 2 rings (SSSR count). The normalized spacial score (nSPS) is 9.94. The van der Waals surface area contributed by atoms with Gasteiger partial charge in [-0.25, -0.2) is 0 Å². The maximum absolute atomic E-state index is 11.9. The number of hydrogen-bond donors (Lipinski definition) is 2. The third-order valence-electron chi connectivity index (χ3n) is 2.51. The first kappa shape index (κ1) is 11.2. The molecule has 3 heteroatoms. The standard InChI is InChI=1S/C14H14N2O/c1-10-6-8-11(9-7-10)16-14(17)12-4-2-3-5-13(12)15/h2-9H,15H2,1H3,(H,16,17). The SMILES string of the molecule is Cc1ccc(NC(=O)c2ccccc2N)cc1. The highest BCUT2D eigenvalue weighted by molar-refractivity contribution is 6.07. The lowest BCUT2D eigenvalue weighted by Crippen LogP contribution is -2.13. The molecule has 0 bridgehead atoms. The predicted molar refractivity (Wildman–Crippen MR) is 70.0 cm³/mol. The maximum atomic E-state index is 11.9. The molecule has 0 radical (unpaired) electrons. The Morgan fingerprint density at radius 2 is 1.71 bits per heavy atom. The molecule has 0 unspecified atom stereocenters. The van der Waals surface area contributed by atoms with Crippen LogP contribution >= 0.6 is 0 Å². The predicted octanol–water partition coefficient (Wildman–Crippen LogP) is 2.83. The van der Waals surface area contributed by atoms with Crippen molar-refractivity contribution in [2.45, 2.75) is 6.92 Å². The van der Waals surface area contributed by atoms with Gasteiger partial charge in [0.25, 0.3) is 5.91 Å². The van der Waals surface area contributed by atoms with Crippen LogP contribution in [0.2, 0.25) is 0 Å². The zero-order valence-corrected chi connectivity index (χ0v) is 9.60. The molecule has 0 aliphatic carbocycles. The Morgan fingerprint density at radius 1 is 1.06 bits per heavy atom. The summed E-state index contributed by atoms with van der Waals surface area (Å²) in [6.07, 6.45) is 0. The van der Waals surface area contributed by atoms with Crippen molar-refractivity contribution in [1.82, 2.24) is 0 Å². The summed E-state index contributed by atoms with van der Waals surface area (Å²) in [5, 5.41) is 2.81. The molecular weight excluding hydrogens is 212 g/mol. The molecule has 0 fully saturated rings. The number of anilines is 2. The van der Waals surface area contributed by atoms with Gasteiger partial charge < -0.3 is 11.1 Å². The molecule has 0 heterocycles. The number of carbonyl (C=O) groups is 1. The van der Waals surface area contributed by atoms with Crippen LogP contribution < -0.4 is 11.1 Å². The van der Waals surface area contributed by atoms with Crippen molar-refractivity contribution in [3.63, 3.8) is 0 Å². The number of benzene rings is 2. The third-order valence-corrected chi connectivity index (χ3v) is 2.51. The topological polar surface area (TPSA) is 55.1 Å². The van der Waals surface area contributed by atoms with Crippen molar-refractivity contribution >= 4 is 17.3 Å². The van der Waals surface area contributed by atoms with Crippen molar-refractivity contribution in [2.24, 2.45) is 0 Å². The van der Waals surface area contributed by atoms with Gasteiger partial charge in [0.2, 0.25) is 0 Å². The van der Waals surface area contributed by atoms with E-state index >= 15 is 0 Å². The lowest BCUT2D eigenvalue weighted by Gasteiger charge is -2.07. The van der Waals surface area contributed by atoms with Gasteiger partial charge in [-0.15, -0.1) is 0 Å². The average molecular weight is 226 g/mol. The van der Waals surface area contributed by atoms with Gasteiger partial charge in [0.1, 0.15) is 0 Å². The fraction of sp³-hybridized carbons (Fsp3) is 0.0714. The zero-order chi connectivity index (χ0) is 12.3. The Kier molecular flexibility index (Phi) is 3.10. The summed E-state index contributed by atoms with van der Waals surface area (Å²) in [6.45, 7) is 2.00. The van der Waals surface area contributed by atoms with E-state index in [1.807, 2.05) is 31.2 Å². The van der Waals surface area contributed by atoms with Crippen molar-refractivity contribution in [1.29, 1.82) is 0 Å². The summed E-state index contributed by atoms with van der Waals surface area (Å²) < 4.78 is 0. The molecule has 3 N–H and O–H groups in total. The van der Waals surface area contributed by atoms with Crippen LogP contribution in [0.5, 0.6) is 0 Å². The van der Waals surface area contributed by atoms with Gasteiger partial charge in [0, 0.05) is 11.4 Å². The highest BCUT2D eigenvalue weighted by atomic mass is 16.1. The molecule has 2 aromatic rings. The molecule has 0 saturated carbocycles. The number of carbonyl (C=O) groups excluding carboxylic acids is 1. The van der Waals surface area contributed by atoms with Crippen LogP contribution in [-0.2, 0) is 0 Å². The molecule has 0 aliphatic rings. The maximum Gasteiger partial charge on any atom is 0.257 e. The number of aryl methyl sites for hydroxylation is 1. The number of amides is 1. The van der Waals surface area contributed by atoms with Gasteiger partial charge in [0.15, 0.2) is 0 Å². The molecule has 0 saturated heterocycles. The summed E-state index contributed by atoms with van der Waals surface area (Å²) in [4.78, 5) is 11.9. The van der Waals surface area contributed by atoms with Crippen molar-refractivity contribution in [3.05, 3.63) is 59.7 Å². The fourth-order valence-corrected chi connectivity index (χ4v) is 1.54. The van der Waals surface area contributed by atoms with Gasteiger partial charge in [0.05, 0.1) is 5.56 Å². The number of nitrogens with one attached hydrogen (secondary N) is 1. The van der Waals surface area contributed by atoms with E-state index in [4.69, 9.17) is 5.73 Å². The molecule has 0 spiro atoms. The summed E-state index contributed by atoms with van der Waals surface area (Å²) in [7, 11) is 0. The van der Waals surface area contributed by atoms with E-state index in [-0.39, 0.29) is 5.91 Å². The second-order valence-corrected chi connectivity index (χ2v) is 3.91. The minimum absolute atomic E-state index is 0.188. The van der Waals surface area contributed by atoms with E-state index in [0.717, 1.165) is 11.3 Å². The average Bonchev–Trinajstić information content (AvgIpc) is 2.32. The highest BCUT2D eigenvalue weighted by Gasteiger charge is 2.08. The highest BCUT2D eigenvalue weighted by Crippen LogP contribution is 2.14. The number of nitrogens with two attached hydrogens (primary N) is 1. The van der Waals surface area contributed by atoms with E-state index in [9.17, 15) is 4.79 Å². The van der Waals surface area contributed by atoms with Gasteiger partial charge in [-0.1, -0.05) is 29.8 Å².